The first-order valence-electron chi connectivity index (χ1n) is 5.23. The van der Waals surface area contributed by atoms with Crippen molar-refractivity contribution in [2.45, 2.75) is 5.41 Å². The number of aliphatic hydroxyl groups is 1. The topological polar surface area (TPSA) is 38.7 Å². The maximum Gasteiger partial charge on any atom is 0.0637 e. The van der Waals surface area contributed by atoms with Crippen molar-refractivity contribution >= 4 is 27.3 Å². The van der Waals surface area contributed by atoms with Crippen LogP contribution in [0, 0.1) is 5.41 Å². The standard InChI is InChI=1S/C11H13BrO3S/c12-8-1-9(16-2-8)11(6-15-7-11)10(3-13)4-14-5-10/h1-2,13H,3-7H2. The molecule has 3 heterocycles. The molecule has 2 aliphatic heterocycles. The van der Waals surface area contributed by atoms with Gasteiger partial charge in [-0.05, 0) is 22.0 Å². The van der Waals surface area contributed by atoms with Gasteiger partial charge in [-0.3, -0.25) is 0 Å². The van der Waals surface area contributed by atoms with Crippen molar-refractivity contribution in [1.82, 2.24) is 0 Å². The third-order valence-electron chi connectivity index (χ3n) is 3.81. The highest BCUT2D eigenvalue weighted by atomic mass is 79.9. The van der Waals surface area contributed by atoms with E-state index in [4.69, 9.17) is 9.47 Å². The highest BCUT2D eigenvalue weighted by molar-refractivity contribution is 9.10. The molecule has 0 aromatic carbocycles. The van der Waals surface area contributed by atoms with Crippen LogP contribution in [0.15, 0.2) is 15.9 Å². The van der Waals surface area contributed by atoms with Crippen LogP contribution in [-0.4, -0.2) is 38.1 Å². The van der Waals surface area contributed by atoms with Crippen LogP contribution in [0.2, 0.25) is 0 Å². The number of thiophene rings is 1. The monoisotopic (exact) mass is 304 g/mol. The van der Waals surface area contributed by atoms with Crippen LogP contribution in [0.4, 0.5) is 0 Å². The molecule has 0 amide bonds. The third kappa shape index (κ3) is 1.29. The lowest BCUT2D eigenvalue weighted by atomic mass is 9.60. The van der Waals surface area contributed by atoms with Crippen molar-refractivity contribution in [3.8, 4) is 0 Å². The summed E-state index contributed by atoms with van der Waals surface area (Å²) in [7, 11) is 0. The molecule has 1 N–H and O–H groups in total. The van der Waals surface area contributed by atoms with Gasteiger partial charge in [0, 0.05) is 14.7 Å². The van der Waals surface area contributed by atoms with E-state index >= 15 is 0 Å². The summed E-state index contributed by atoms with van der Waals surface area (Å²) < 4.78 is 11.8. The fourth-order valence-corrected chi connectivity index (χ4v) is 4.17. The third-order valence-corrected chi connectivity index (χ3v) is 5.71. The highest BCUT2D eigenvalue weighted by Crippen LogP contribution is 2.53. The molecule has 3 nitrogen and oxygen atoms in total. The number of halogens is 1. The van der Waals surface area contributed by atoms with Crippen LogP contribution in [0.1, 0.15) is 4.88 Å². The minimum Gasteiger partial charge on any atom is -0.396 e. The molecular formula is C11H13BrO3S. The van der Waals surface area contributed by atoms with E-state index in [1.165, 1.54) is 4.88 Å². The zero-order chi connectivity index (χ0) is 11.2. The zero-order valence-electron chi connectivity index (χ0n) is 8.74. The second-order valence-electron chi connectivity index (χ2n) is 4.64. The van der Waals surface area contributed by atoms with E-state index in [1.807, 2.05) is 0 Å². The minimum atomic E-state index is -0.129. The predicted molar refractivity (Wildman–Crippen MR) is 64.9 cm³/mol. The molecule has 88 valence electrons. The molecule has 5 heteroatoms. The van der Waals surface area contributed by atoms with E-state index in [2.05, 4.69) is 27.4 Å². The fraction of sp³-hybridized carbons (Fsp3) is 0.636. The maximum atomic E-state index is 9.66. The zero-order valence-corrected chi connectivity index (χ0v) is 11.1. The van der Waals surface area contributed by atoms with Crippen LogP contribution < -0.4 is 0 Å². The number of hydrogen-bond acceptors (Lipinski definition) is 4. The van der Waals surface area contributed by atoms with Crippen molar-refractivity contribution in [3.05, 3.63) is 20.8 Å². The van der Waals surface area contributed by atoms with Crippen LogP contribution in [0.5, 0.6) is 0 Å². The van der Waals surface area contributed by atoms with Crippen LogP contribution in [-0.2, 0) is 14.9 Å². The molecule has 2 fully saturated rings. The van der Waals surface area contributed by atoms with Gasteiger partial charge in [0.1, 0.15) is 0 Å². The Morgan fingerprint density at radius 3 is 2.31 bits per heavy atom. The Bertz CT molecular complexity index is 390. The van der Waals surface area contributed by atoms with Gasteiger partial charge in [-0.25, -0.2) is 0 Å². The van der Waals surface area contributed by atoms with Gasteiger partial charge in [-0.2, -0.15) is 0 Å². The van der Waals surface area contributed by atoms with E-state index in [-0.39, 0.29) is 17.4 Å². The molecule has 3 rings (SSSR count). The normalized spacial score (nSPS) is 25.9. The van der Waals surface area contributed by atoms with Crippen molar-refractivity contribution in [2.75, 3.05) is 33.0 Å². The Morgan fingerprint density at radius 1 is 1.31 bits per heavy atom. The molecule has 0 aliphatic carbocycles. The summed E-state index contributed by atoms with van der Waals surface area (Å²) in [5.41, 5.74) is -0.160. The van der Waals surface area contributed by atoms with Gasteiger partial charge in [0.25, 0.3) is 0 Å². The Hall–Kier alpha value is 0.0600. The molecular weight excluding hydrogens is 292 g/mol. The van der Waals surface area contributed by atoms with Gasteiger partial charge >= 0.3 is 0 Å². The smallest absolute Gasteiger partial charge is 0.0637 e. The summed E-state index contributed by atoms with van der Waals surface area (Å²) in [6, 6.07) is 2.14. The first-order chi connectivity index (χ1) is 7.72. The van der Waals surface area contributed by atoms with Gasteiger partial charge in [0.05, 0.1) is 43.9 Å². The average Bonchev–Trinajstić information content (AvgIpc) is 2.55. The molecule has 0 radical (unpaired) electrons. The first kappa shape index (κ1) is 11.2. The van der Waals surface area contributed by atoms with Crippen molar-refractivity contribution < 1.29 is 14.6 Å². The van der Waals surface area contributed by atoms with Gasteiger partial charge in [0.15, 0.2) is 0 Å². The summed E-state index contributed by atoms with van der Waals surface area (Å²) in [6.45, 7) is 2.85. The number of aliphatic hydroxyl groups excluding tert-OH is 1. The number of ether oxygens (including phenoxy) is 2. The van der Waals surface area contributed by atoms with Crippen LogP contribution in [0.3, 0.4) is 0 Å². The Labute approximate surface area is 107 Å². The lowest BCUT2D eigenvalue weighted by Gasteiger charge is -2.58. The second-order valence-corrected chi connectivity index (χ2v) is 6.46. The molecule has 16 heavy (non-hydrogen) atoms. The van der Waals surface area contributed by atoms with E-state index in [1.54, 1.807) is 11.3 Å². The van der Waals surface area contributed by atoms with Crippen LogP contribution >= 0.6 is 27.3 Å². The summed E-state index contributed by atoms with van der Waals surface area (Å²) in [5.74, 6) is 0. The Kier molecular flexibility index (Phi) is 2.64. The van der Waals surface area contributed by atoms with Gasteiger partial charge in [-0.15, -0.1) is 11.3 Å². The van der Waals surface area contributed by atoms with Gasteiger partial charge < -0.3 is 14.6 Å². The summed E-state index contributed by atoms with van der Waals surface area (Å²) in [4.78, 5) is 1.29. The van der Waals surface area contributed by atoms with E-state index in [9.17, 15) is 5.11 Å². The van der Waals surface area contributed by atoms with Gasteiger partial charge in [0.2, 0.25) is 0 Å². The highest BCUT2D eigenvalue weighted by Gasteiger charge is 2.61. The number of hydrogen-bond donors (Lipinski definition) is 1. The SMILES string of the molecule is OCC1(C2(c3cc(Br)cs3)COC2)COC1. The van der Waals surface area contributed by atoms with Gasteiger partial charge in [-0.1, -0.05) is 0 Å². The quantitative estimate of drug-likeness (QED) is 0.925. The Balaban J connectivity index is 1.99. The molecule has 0 saturated carbocycles. The molecule has 0 atom stereocenters. The van der Waals surface area contributed by atoms with Crippen molar-refractivity contribution in [2.24, 2.45) is 5.41 Å². The number of rotatable bonds is 3. The first-order valence-corrected chi connectivity index (χ1v) is 6.91. The molecule has 0 bridgehead atoms. The summed E-state index contributed by atoms with van der Waals surface area (Å²) in [5, 5.41) is 11.7. The summed E-state index contributed by atoms with van der Waals surface area (Å²) in [6.07, 6.45) is 0. The molecule has 0 unspecified atom stereocenters. The van der Waals surface area contributed by atoms with Crippen molar-refractivity contribution in [3.63, 3.8) is 0 Å². The average molecular weight is 305 g/mol. The van der Waals surface area contributed by atoms with E-state index in [0.29, 0.717) is 26.4 Å². The largest absolute Gasteiger partial charge is 0.396 e. The minimum absolute atomic E-state index is 0.0311. The molecule has 1 aromatic rings. The Morgan fingerprint density at radius 2 is 2.00 bits per heavy atom. The molecule has 0 spiro atoms. The molecule has 2 aliphatic rings. The second kappa shape index (κ2) is 3.78. The van der Waals surface area contributed by atoms with E-state index < -0.39 is 0 Å². The molecule has 1 aromatic heterocycles. The summed E-state index contributed by atoms with van der Waals surface area (Å²) >= 11 is 5.21. The maximum absolute atomic E-state index is 9.66. The van der Waals surface area contributed by atoms with Crippen LogP contribution in [0.25, 0.3) is 0 Å². The predicted octanol–water partition coefficient (Wildman–Crippen LogP) is 1.79. The molecule has 2 saturated heterocycles. The van der Waals surface area contributed by atoms with E-state index in [0.717, 1.165) is 4.47 Å². The lowest BCUT2D eigenvalue weighted by Crippen LogP contribution is -2.68. The lowest BCUT2D eigenvalue weighted by molar-refractivity contribution is -0.241. The van der Waals surface area contributed by atoms with Crippen molar-refractivity contribution in [1.29, 1.82) is 0 Å². The fourth-order valence-electron chi connectivity index (χ4n) is 2.45.